The Morgan fingerprint density at radius 3 is 2.84 bits per heavy atom. The quantitative estimate of drug-likeness (QED) is 0.535. The number of fused-ring (bicyclic) bond motifs is 3. The summed E-state index contributed by atoms with van der Waals surface area (Å²) in [5.74, 6) is 0.255. The van der Waals surface area contributed by atoms with E-state index in [1.807, 2.05) is 46.9 Å². The first-order valence-electron chi connectivity index (χ1n) is 7.99. The molecule has 1 amide bonds. The second-order valence-electron chi connectivity index (χ2n) is 5.52. The van der Waals surface area contributed by atoms with E-state index < -0.39 is 0 Å². The third kappa shape index (κ3) is 3.12. The van der Waals surface area contributed by atoms with Crippen molar-refractivity contribution in [2.45, 2.75) is 18.5 Å². The lowest BCUT2D eigenvalue weighted by atomic mass is 10.1. The van der Waals surface area contributed by atoms with Gasteiger partial charge in [-0.15, -0.1) is 10.2 Å². The van der Waals surface area contributed by atoms with Crippen molar-refractivity contribution in [3.8, 4) is 0 Å². The number of amides is 1. The van der Waals surface area contributed by atoms with E-state index in [-0.39, 0.29) is 5.91 Å². The van der Waals surface area contributed by atoms with Gasteiger partial charge in [0.05, 0.1) is 16.0 Å². The number of anilines is 1. The Balaban J connectivity index is 1.51. The summed E-state index contributed by atoms with van der Waals surface area (Å²) < 4.78 is 3.17. The molecule has 4 rings (SSSR count). The lowest BCUT2D eigenvalue weighted by Crippen LogP contribution is -2.15. The molecule has 0 aliphatic heterocycles. The van der Waals surface area contributed by atoms with Crippen LogP contribution in [0.5, 0.6) is 0 Å². The fourth-order valence-corrected chi connectivity index (χ4v) is 4.48. The third-order valence-electron chi connectivity index (χ3n) is 3.92. The number of thioether (sulfide) groups is 1. The lowest BCUT2D eigenvalue weighted by molar-refractivity contribution is -0.113. The maximum atomic E-state index is 12.3. The van der Waals surface area contributed by atoms with Crippen LogP contribution < -0.4 is 5.32 Å². The van der Waals surface area contributed by atoms with Crippen molar-refractivity contribution in [1.29, 1.82) is 0 Å². The molecular weight excluding hydrogens is 352 g/mol. The van der Waals surface area contributed by atoms with Crippen molar-refractivity contribution < 1.29 is 4.79 Å². The Kier molecular flexibility index (Phi) is 4.42. The standard InChI is InChI=1S/C18H16N4OS2/c1-2-12-7-3-4-8-13(12)19-16(23)11-24-17-20-21-18-22(17)14-9-5-6-10-15(14)25-18/h3-10H,2,11H2,1H3,(H,19,23). The molecule has 1 N–H and O–H groups in total. The van der Waals surface area contributed by atoms with Gasteiger partial charge in [0.15, 0.2) is 5.16 Å². The van der Waals surface area contributed by atoms with Crippen LogP contribution in [0, 0.1) is 0 Å². The second-order valence-corrected chi connectivity index (χ2v) is 7.47. The van der Waals surface area contributed by atoms with E-state index in [1.54, 1.807) is 11.3 Å². The molecule has 2 aromatic heterocycles. The normalized spacial score (nSPS) is 11.2. The number of hydrogen-bond donors (Lipinski definition) is 1. The maximum Gasteiger partial charge on any atom is 0.234 e. The number of para-hydroxylation sites is 2. The van der Waals surface area contributed by atoms with E-state index in [4.69, 9.17) is 0 Å². The van der Waals surface area contributed by atoms with Crippen molar-refractivity contribution in [3.05, 3.63) is 54.1 Å². The van der Waals surface area contributed by atoms with Crippen molar-refractivity contribution in [2.24, 2.45) is 0 Å². The van der Waals surface area contributed by atoms with E-state index in [9.17, 15) is 4.79 Å². The van der Waals surface area contributed by atoms with Crippen molar-refractivity contribution in [2.75, 3.05) is 11.1 Å². The lowest BCUT2D eigenvalue weighted by Gasteiger charge is -2.09. The maximum absolute atomic E-state index is 12.3. The topological polar surface area (TPSA) is 59.3 Å². The number of nitrogens with zero attached hydrogens (tertiary/aromatic N) is 3. The molecule has 0 unspecified atom stereocenters. The van der Waals surface area contributed by atoms with Gasteiger partial charge in [-0.1, -0.05) is 60.4 Å². The van der Waals surface area contributed by atoms with Crippen molar-refractivity contribution >= 4 is 49.9 Å². The number of hydrogen-bond acceptors (Lipinski definition) is 5. The summed E-state index contributed by atoms with van der Waals surface area (Å²) >= 11 is 3.00. The Morgan fingerprint density at radius 1 is 1.16 bits per heavy atom. The van der Waals surface area contributed by atoms with Gasteiger partial charge in [0.25, 0.3) is 0 Å². The van der Waals surface area contributed by atoms with Gasteiger partial charge < -0.3 is 5.32 Å². The van der Waals surface area contributed by atoms with Gasteiger partial charge in [-0.25, -0.2) is 0 Å². The van der Waals surface area contributed by atoms with Crippen LogP contribution in [0.15, 0.2) is 53.7 Å². The van der Waals surface area contributed by atoms with Crippen molar-refractivity contribution in [3.63, 3.8) is 0 Å². The van der Waals surface area contributed by atoms with Gasteiger partial charge >= 0.3 is 0 Å². The summed E-state index contributed by atoms with van der Waals surface area (Å²) in [4.78, 5) is 13.2. The van der Waals surface area contributed by atoms with Crippen LogP contribution in [-0.2, 0) is 11.2 Å². The Hall–Kier alpha value is -2.38. The number of aromatic nitrogens is 3. The van der Waals surface area contributed by atoms with Crippen LogP contribution in [0.3, 0.4) is 0 Å². The molecule has 4 aromatic rings. The number of nitrogens with one attached hydrogen (secondary N) is 1. The van der Waals surface area contributed by atoms with Crippen molar-refractivity contribution in [1.82, 2.24) is 14.6 Å². The summed E-state index contributed by atoms with van der Waals surface area (Å²) in [6.45, 7) is 2.08. The summed E-state index contributed by atoms with van der Waals surface area (Å²) in [6, 6.07) is 16.0. The molecule has 0 bridgehead atoms. The van der Waals surface area contributed by atoms with Crippen LogP contribution in [0.2, 0.25) is 0 Å². The molecule has 7 heteroatoms. The van der Waals surface area contributed by atoms with Gasteiger partial charge in [0.1, 0.15) is 0 Å². The average Bonchev–Trinajstić information content (AvgIpc) is 3.19. The van der Waals surface area contributed by atoms with E-state index in [1.165, 1.54) is 11.8 Å². The highest BCUT2D eigenvalue weighted by Crippen LogP contribution is 2.29. The van der Waals surface area contributed by atoms with Crippen LogP contribution in [0.1, 0.15) is 12.5 Å². The number of thiazole rings is 1. The molecule has 0 radical (unpaired) electrons. The number of carbonyl (C=O) groups excluding carboxylic acids is 1. The van der Waals surface area contributed by atoms with E-state index in [2.05, 4.69) is 28.5 Å². The minimum Gasteiger partial charge on any atom is -0.325 e. The van der Waals surface area contributed by atoms with Crippen LogP contribution in [0.4, 0.5) is 5.69 Å². The molecule has 126 valence electrons. The van der Waals surface area contributed by atoms with Gasteiger partial charge in [0, 0.05) is 5.69 Å². The summed E-state index contributed by atoms with van der Waals surface area (Å²) in [5, 5.41) is 12.2. The molecular formula is C18H16N4OS2. The summed E-state index contributed by atoms with van der Waals surface area (Å²) in [5.41, 5.74) is 3.09. The Labute approximate surface area is 153 Å². The first-order chi connectivity index (χ1) is 12.3. The van der Waals surface area contributed by atoms with Gasteiger partial charge in [-0.05, 0) is 30.2 Å². The Bertz CT molecular complexity index is 1050. The fraction of sp³-hybridized carbons (Fsp3) is 0.167. The highest BCUT2D eigenvalue weighted by molar-refractivity contribution is 7.99. The monoisotopic (exact) mass is 368 g/mol. The van der Waals surface area contributed by atoms with Gasteiger partial charge in [0.2, 0.25) is 10.9 Å². The molecule has 25 heavy (non-hydrogen) atoms. The summed E-state index contributed by atoms with van der Waals surface area (Å²) in [7, 11) is 0. The first-order valence-corrected chi connectivity index (χ1v) is 9.79. The molecule has 2 heterocycles. The van der Waals surface area contributed by atoms with Gasteiger partial charge in [-0.2, -0.15) is 0 Å². The zero-order valence-electron chi connectivity index (χ0n) is 13.6. The summed E-state index contributed by atoms with van der Waals surface area (Å²) in [6.07, 6.45) is 0.884. The van der Waals surface area contributed by atoms with E-state index in [0.717, 1.165) is 38.0 Å². The number of rotatable bonds is 5. The largest absolute Gasteiger partial charge is 0.325 e. The first kappa shape index (κ1) is 16.1. The Morgan fingerprint density at radius 2 is 1.96 bits per heavy atom. The third-order valence-corrected chi connectivity index (χ3v) is 5.86. The molecule has 0 spiro atoms. The van der Waals surface area contributed by atoms with Gasteiger partial charge in [-0.3, -0.25) is 9.20 Å². The minimum atomic E-state index is -0.0396. The number of carbonyl (C=O) groups is 1. The van der Waals surface area contributed by atoms with E-state index >= 15 is 0 Å². The molecule has 2 aromatic carbocycles. The van der Waals surface area contributed by atoms with Crippen LogP contribution >= 0.6 is 23.1 Å². The number of benzene rings is 2. The second kappa shape index (κ2) is 6.85. The van der Waals surface area contributed by atoms with E-state index in [0.29, 0.717) is 5.75 Å². The minimum absolute atomic E-state index is 0.0396. The average molecular weight is 368 g/mol. The van der Waals surface area contributed by atoms with Crippen LogP contribution in [-0.4, -0.2) is 26.3 Å². The fourth-order valence-electron chi connectivity index (χ4n) is 2.72. The molecule has 5 nitrogen and oxygen atoms in total. The predicted molar refractivity (Wildman–Crippen MR) is 104 cm³/mol. The molecule has 0 fully saturated rings. The molecule has 0 aliphatic rings. The predicted octanol–water partition coefficient (Wildman–Crippen LogP) is 4.24. The van der Waals surface area contributed by atoms with Crippen LogP contribution in [0.25, 0.3) is 15.2 Å². The highest BCUT2D eigenvalue weighted by atomic mass is 32.2. The smallest absolute Gasteiger partial charge is 0.234 e. The molecule has 0 saturated heterocycles. The zero-order chi connectivity index (χ0) is 17.2. The molecule has 0 atom stereocenters. The zero-order valence-corrected chi connectivity index (χ0v) is 15.2. The molecule has 0 saturated carbocycles. The SMILES string of the molecule is CCc1ccccc1NC(=O)CSc1nnc2sc3ccccc3n12. The number of aryl methyl sites for hydroxylation is 1. The molecule has 0 aliphatic carbocycles. The highest BCUT2D eigenvalue weighted by Gasteiger charge is 2.14.